The topological polar surface area (TPSA) is 73.2 Å². The van der Waals surface area contributed by atoms with Crippen molar-refractivity contribution in [3.05, 3.63) is 17.5 Å². The van der Waals surface area contributed by atoms with Crippen molar-refractivity contribution in [3.63, 3.8) is 0 Å². The molecule has 1 aromatic heterocycles. The number of ether oxygens (including phenoxy) is 1. The van der Waals surface area contributed by atoms with E-state index >= 15 is 0 Å². The van der Waals surface area contributed by atoms with E-state index in [1.807, 2.05) is 0 Å². The maximum atomic E-state index is 11.5. The minimum atomic E-state index is -0.484. The Bertz CT molecular complexity index is 384. The average Bonchev–Trinajstić information content (AvgIpc) is 2.53. The van der Waals surface area contributed by atoms with E-state index in [0.29, 0.717) is 5.69 Å². The molecule has 82 valence electrons. The monoisotopic (exact) mass is 211 g/mol. The number of aryl methyl sites for hydroxylation is 2. The zero-order chi connectivity index (χ0) is 11.4. The van der Waals surface area contributed by atoms with Crippen LogP contribution in [0.1, 0.15) is 16.2 Å². The molecular weight excluding hydrogens is 198 g/mol. The maximum Gasteiger partial charge on any atom is 0.325 e. The Morgan fingerprint density at radius 1 is 1.60 bits per heavy atom. The lowest BCUT2D eigenvalue weighted by Gasteiger charge is -2.03. The van der Waals surface area contributed by atoms with Crippen LogP contribution in [0.4, 0.5) is 0 Å². The number of carbonyl (C=O) groups excluding carboxylic acids is 2. The van der Waals surface area contributed by atoms with E-state index in [9.17, 15) is 9.59 Å². The van der Waals surface area contributed by atoms with Crippen molar-refractivity contribution in [3.8, 4) is 0 Å². The smallest absolute Gasteiger partial charge is 0.325 e. The highest BCUT2D eigenvalue weighted by Gasteiger charge is 2.12. The number of nitrogens with zero attached hydrogens (tertiary/aromatic N) is 2. The van der Waals surface area contributed by atoms with Gasteiger partial charge in [-0.15, -0.1) is 0 Å². The number of hydrogen-bond acceptors (Lipinski definition) is 4. The van der Waals surface area contributed by atoms with Gasteiger partial charge in [0.1, 0.15) is 12.2 Å². The lowest BCUT2D eigenvalue weighted by molar-refractivity contribution is -0.139. The van der Waals surface area contributed by atoms with Gasteiger partial charge in [0.2, 0.25) is 0 Å². The Morgan fingerprint density at radius 2 is 2.27 bits per heavy atom. The number of rotatable bonds is 3. The minimum absolute atomic E-state index is 0.139. The zero-order valence-electron chi connectivity index (χ0n) is 8.90. The molecule has 6 heteroatoms. The second kappa shape index (κ2) is 4.59. The molecule has 1 amide bonds. The summed E-state index contributed by atoms with van der Waals surface area (Å²) >= 11 is 0. The molecule has 15 heavy (non-hydrogen) atoms. The van der Waals surface area contributed by atoms with Crippen LogP contribution < -0.4 is 5.32 Å². The first-order chi connectivity index (χ1) is 7.04. The van der Waals surface area contributed by atoms with Crippen molar-refractivity contribution in [2.24, 2.45) is 7.05 Å². The summed E-state index contributed by atoms with van der Waals surface area (Å²) in [4.78, 5) is 22.3. The number of esters is 1. The molecule has 1 aromatic rings. The minimum Gasteiger partial charge on any atom is -0.468 e. The van der Waals surface area contributed by atoms with Crippen LogP contribution in [0, 0.1) is 6.92 Å². The lowest BCUT2D eigenvalue weighted by Crippen LogP contribution is -2.31. The highest BCUT2D eigenvalue weighted by atomic mass is 16.5. The molecule has 0 atom stereocenters. The molecule has 0 aliphatic rings. The van der Waals surface area contributed by atoms with Crippen molar-refractivity contribution in [1.82, 2.24) is 15.1 Å². The van der Waals surface area contributed by atoms with Crippen molar-refractivity contribution < 1.29 is 14.3 Å². The van der Waals surface area contributed by atoms with E-state index in [0.717, 1.165) is 5.69 Å². The first-order valence-corrected chi connectivity index (χ1v) is 4.40. The largest absolute Gasteiger partial charge is 0.468 e. The van der Waals surface area contributed by atoms with Crippen molar-refractivity contribution in [2.75, 3.05) is 13.7 Å². The fourth-order valence-electron chi connectivity index (χ4n) is 1.14. The van der Waals surface area contributed by atoms with Gasteiger partial charge in [0, 0.05) is 7.05 Å². The van der Waals surface area contributed by atoms with Crippen molar-refractivity contribution in [1.29, 1.82) is 0 Å². The normalized spacial score (nSPS) is 9.80. The average molecular weight is 211 g/mol. The third-order valence-electron chi connectivity index (χ3n) is 1.86. The summed E-state index contributed by atoms with van der Waals surface area (Å²) in [7, 11) is 2.93. The van der Waals surface area contributed by atoms with Gasteiger partial charge in [-0.2, -0.15) is 5.10 Å². The Labute approximate surface area is 87.2 Å². The highest BCUT2D eigenvalue weighted by molar-refractivity contribution is 5.94. The Balaban J connectivity index is 2.61. The number of carbonyl (C=O) groups is 2. The van der Waals surface area contributed by atoms with E-state index < -0.39 is 5.97 Å². The summed E-state index contributed by atoms with van der Waals surface area (Å²) < 4.78 is 5.86. The maximum absolute atomic E-state index is 11.5. The fourth-order valence-corrected chi connectivity index (χ4v) is 1.14. The second-order valence-electron chi connectivity index (χ2n) is 3.05. The standard InChI is InChI=1S/C9H13N3O3/c1-6-4-7(12(2)11-6)9(14)10-5-8(13)15-3/h4H,5H2,1-3H3,(H,10,14). The molecule has 0 unspecified atom stereocenters. The summed E-state index contributed by atoms with van der Waals surface area (Å²) in [5.74, 6) is -0.828. The van der Waals surface area contributed by atoms with Gasteiger partial charge >= 0.3 is 5.97 Å². The van der Waals surface area contributed by atoms with Crippen molar-refractivity contribution >= 4 is 11.9 Å². The Hall–Kier alpha value is -1.85. The van der Waals surface area contributed by atoms with Gasteiger partial charge < -0.3 is 10.1 Å². The van der Waals surface area contributed by atoms with Crippen LogP contribution in [-0.4, -0.2) is 35.3 Å². The summed E-state index contributed by atoms with van der Waals surface area (Å²) in [6.07, 6.45) is 0. The van der Waals surface area contributed by atoms with Crippen LogP contribution in [0.2, 0.25) is 0 Å². The van der Waals surface area contributed by atoms with Crippen LogP contribution in [-0.2, 0) is 16.6 Å². The predicted molar refractivity (Wildman–Crippen MR) is 52.3 cm³/mol. The third kappa shape index (κ3) is 2.80. The molecule has 6 nitrogen and oxygen atoms in total. The van der Waals surface area contributed by atoms with Crippen LogP contribution in [0.25, 0.3) is 0 Å². The molecule has 0 fully saturated rings. The van der Waals surface area contributed by atoms with Crippen LogP contribution in [0.3, 0.4) is 0 Å². The van der Waals surface area contributed by atoms with Crippen LogP contribution in [0.5, 0.6) is 0 Å². The van der Waals surface area contributed by atoms with Gasteiger partial charge in [0.15, 0.2) is 0 Å². The van der Waals surface area contributed by atoms with Gasteiger partial charge in [-0.1, -0.05) is 0 Å². The molecule has 1 N–H and O–H groups in total. The van der Waals surface area contributed by atoms with Crippen LogP contribution >= 0.6 is 0 Å². The second-order valence-corrected chi connectivity index (χ2v) is 3.05. The fraction of sp³-hybridized carbons (Fsp3) is 0.444. The van der Waals surface area contributed by atoms with E-state index in [1.165, 1.54) is 11.8 Å². The lowest BCUT2D eigenvalue weighted by atomic mass is 10.3. The van der Waals surface area contributed by atoms with E-state index in [2.05, 4.69) is 15.2 Å². The molecule has 0 spiro atoms. The van der Waals surface area contributed by atoms with E-state index in [-0.39, 0.29) is 12.5 Å². The van der Waals surface area contributed by atoms with Crippen LogP contribution in [0.15, 0.2) is 6.07 Å². The summed E-state index contributed by atoms with van der Waals surface area (Å²) in [6.45, 7) is 1.65. The Morgan fingerprint density at radius 3 is 2.73 bits per heavy atom. The molecule has 0 aliphatic carbocycles. The molecule has 1 heterocycles. The molecule has 0 saturated carbocycles. The number of amides is 1. The molecule has 0 bridgehead atoms. The van der Waals surface area contributed by atoms with Gasteiger partial charge in [-0.05, 0) is 13.0 Å². The van der Waals surface area contributed by atoms with Gasteiger partial charge in [-0.3, -0.25) is 14.3 Å². The predicted octanol–water partition coefficient (Wildman–Crippen LogP) is -0.369. The number of nitrogens with one attached hydrogen (secondary N) is 1. The first kappa shape index (κ1) is 11.2. The quantitative estimate of drug-likeness (QED) is 0.692. The van der Waals surface area contributed by atoms with E-state index in [1.54, 1.807) is 20.0 Å². The summed E-state index contributed by atoms with van der Waals surface area (Å²) in [6, 6.07) is 1.65. The van der Waals surface area contributed by atoms with E-state index in [4.69, 9.17) is 0 Å². The molecule has 1 rings (SSSR count). The van der Waals surface area contributed by atoms with Gasteiger partial charge in [0.05, 0.1) is 12.8 Å². The first-order valence-electron chi connectivity index (χ1n) is 4.40. The van der Waals surface area contributed by atoms with Gasteiger partial charge in [0.25, 0.3) is 5.91 Å². The molecule has 0 saturated heterocycles. The molecule has 0 aliphatic heterocycles. The zero-order valence-corrected chi connectivity index (χ0v) is 8.90. The van der Waals surface area contributed by atoms with Gasteiger partial charge in [-0.25, -0.2) is 0 Å². The van der Waals surface area contributed by atoms with Crippen molar-refractivity contribution in [2.45, 2.75) is 6.92 Å². The summed E-state index contributed by atoms with van der Waals surface area (Å²) in [5, 5.41) is 6.45. The third-order valence-corrected chi connectivity index (χ3v) is 1.86. The highest BCUT2D eigenvalue weighted by Crippen LogP contribution is 2.00. The summed E-state index contributed by atoms with van der Waals surface area (Å²) in [5.41, 5.74) is 1.16. The molecule has 0 aromatic carbocycles. The number of methoxy groups -OCH3 is 1. The molecule has 0 radical (unpaired) electrons. The molecular formula is C9H13N3O3. The SMILES string of the molecule is COC(=O)CNC(=O)c1cc(C)nn1C. The number of hydrogen-bond donors (Lipinski definition) is 1. The Kier molecular flexibility index (Phi) is 3.43. The number of aromatic nitrogens is 2.